The van der Waals surface area contributed by atoms with E-state index in [0.29, 0.717) is 23.1 Å². The molecule has 0 saturated carbocycles. The fourth-order valence-electron chi connectivity index (χ4n) is 2.55. The standard InChI is InChI=1S/C15H20N2O3S2/c1-4-20-14(19)12-10-6-5-8(2)7-11(10)22-13(12)17-15(21)16-9(3)18/h8H,4-7H2,1-3H3,(H2,16,17,18,21). The minimum Gasteiger partial charge on any atom is -0.462 e. The van der Waals surface area contributed by atoms with Crippen LogP contribution in [-0.4, -0.2) is 23.6 Å². The van der Waals surface area contributed by atoms with E-state index in [4.69, 9.17) is 17.0 Å². The molecule has 1 aromatic heterocycles. The molecular weight excluding hydrogens is 320 g/mol. The lowest BCUT2D eigenvalue weighted by Crippen LogP contribution is -2.32. The number of ether oxygens (including phenoxy) is 1. The van der Waals surface area contributed by atoms with Gasteiger partial charge in [0.05, 0.1) is 12.2 Å². The summed E-state index contributed by atoms with van der Waals surface area (Å²) in [6, 6.07) is 0. The van der Waals surface area contributed by atoms with Crippen LogP contribution in [0.25, 0.3) is 0 Å². The zero-order valence-electron chi connectivity index (χ0n) is 12.9. The molecule has 0 spiro atoms. The van der Waals surface area contributed by atoms with E-state index in [0.717, 1.165) is 24.8 Å². The molecule has 120 valence electrons. The summed E-state index contributed by atoms with van der Waals surface area (Å²) in [7, 11) is 0. The Kier molecular flexibility index (Phi) is 5.52. The number of nitrogens with one attached hydrogen (secondary N) is 2. The molecule has 0 bridgehead atoms. The number of anilines is 1. The second-order valence-corrected chi connectivity index (χ2v) is 6.93. The fourth-order valence-corrected chi connectivity index (χ4v) is 4.27. The Balaban J connectivity index is 2.33. The van der Waals surface area contributed by atoms with E-state index in [1.54, 1.807) is 6.92 Å². The van der Waals surface area contributed by atoms with Gasteiger partial charge < -0.3 is 15.4 Å². The third kappa shape index (κ3) is 3.84. The molecule has 0 aliphatic heterocycles. The van der Waals surface area contributed by atoms with Gasteiger partial charge >= 0.3 is 5.97 Å². The molecule has 1 aromatic rings. The lowest BCUT2D eigenvalue weighted by atomic mass is 9.88. The van der Waals surface area contributed by atoms with Crippen molar-refractivity contribution in [1.29, 1.82) is 0 Å². The highest BCUT2D eigenvalue weighted by atomic mass is 32.1. The highest BCUT2D eigenvalue weighted by Crippen LogP contribution is 2.40. The molecule has 1 heterocycles. The predicted octanol–water partition coefficient (Wildman–Crippen LogP) is 2.88. The van der Waals surface area contributed by atoms with Crippen LogP contribution < -0.4 is 10.6 Å². The van der Waals surface area contributed by atoms with E-state index in [1.807, 2.05) is 0 Å². The van der Waals surface area contributed by atoms with Crippen molar-refractivity contribution in [3.8, 4) is 0 Å². The van der Waals surface area contributed by atoms with E-state index in [9.17, 15) is 9.59 Å². The zero-order chi connectivity index (χ0) is 16.3. The van der Waals surface area contributed by atoms with E-state index < -0.39 is 0 Å². The molecule has 1 aliphatic carbocycles. The number of thiophene rings is 1. The number of fused-ring (bicyclic) bond motifs is 1. The molecule has 1 amide bonds. The van der Waals surface area contributed by atoms with Crippen molar-refractivity contribution in [3.05, 3.63) is 16.0 Å². The van der Waals surface area contributed by atoms with Gasteiger partial charge in [-0.3, -0.25) is 4.79 Å². The lowest BCUT2D eigenvalue weighted by molar-refractivity contribution is -0.117. The van der Waals surface area contributed by atoms with Gasteiger partial charge in [-0.15, -0.1) is 11.3 Å². The van der Waals surface area contributed by atoms with Gasteiger partial charge in [0, 0.05) is 11.8 Å². The molecule has 22 heavy (non-hydrogen) atoms. The molecule has 1 aliphatic rings. The maximum absolute atomic E-state index is 12.3. The number of carbonyl (C=O) groups excluding carboxylic acids is 2. The first kappa shape index (κ1) is 16.9. The van der Waals surface area contributed by atoms with Crippen molar-refractivity contribution >= 4 is 45.5 Å². The summed E-state index contributed by atoms with van der Waals surface area (Å²) >= 11 is 6.62. The van der Waals surface area contributed by atoms with E-state index >= 15 is 0 Å². The third-order valence-corrected chi connectivity index (χ3v) is 4.88. The molecule has 1 atom stereocenters. The van der Waals surface area contributed by atoms with Crippen molar-refractivity contribution in [2.24, 2.45) is 5.92 Å². The zero-order valence-corrected chi connectivity index (χ0v) is 14.6. The normalized spacial score (nSPS) is 16.6. The summed E-state index contributed by atoms with van der Waals surface area (Å²) < 4.78 is 5.18. The molecule has 0 aromatic carbocycles. The molecule has 0 fully saturated rings. The molecule has 5 nitrogen and oxygen atoms in total. The number of carbonyl (C=O) groups is 2. The number of thiocarbonyl (C=S) groups is 1. The first-order valence-electron chi connectivity index (χ1n) is 7.32. The SMILES string of the molecule is CCOC(=O)c1c(NC(=S)NC(C)=O)sc2c1CCC(C)C2. The number of hydrogen-bond donors (Lipinski definition) is 2. The average Bonchev–Trinajstić information content (AvgIpc) is 2.74. The second kappa shape index (κ2) is 7.19. The number of hydrogen-bond acceptors (Lipinski definition) is 5. The summed E-state index contributed by atoms with van der Waals surface area (Å²) in [6.07, 6.45) is 2.89. The van der Waals surface area contributed by atoms with Crippen LogP contribution >= 0.6 is 23.6 Å². The highest BCUT2D eigenvalue weighted by molar-refractivity contribution is 7.80. The van der Waals surface area contributed by atoms with Crippen LogP contribution in [-0.2, 0) is 22.4 Å². The van der Waals surface area contributed by atoms with Crippen molar-refractivity contribution < 1.29 is 14.3 Å². The van der Waals surface area contributed by atoms with Crippen LogP contribution in [0.2, 0.25) is 0 Å². The molecule has 2 N–H and O–H groups in total. The van der Waals surface area contributed by atoms with Gasteiger partial charge in [-0.1, -0.05) is 6.92 Å². The Morgan fingerprint density at radius 1 is 1.45 bits per heavy atom. The Hall–Kier alpha value is -1.47. The summed E-state index contributed by atoms with van der Waals surface area (Å²) in [6.45, 7) is 5.71. The molecular formula is C15H20N2O3S2. The van der Waals surface area contributed by atoms with Gasteiger partial charge in [-0.25, -0.2) is 4.79 Å². The van der Waals surface area contributed by atoms with Gasteiger partial charge in [0.1, 0.15) is 5.00 Å². The molecule has 7 heteroatoms. The second-order valence-electron chi connectivity index (χ2n) is 5.41. The van der Waals surface area contributed by atoms with Crippen LogP contribution in [0.5, 0.6) is 0 Å². The van der Waals surface area contributed by atoms with Gasteiger partial charge in [0.15, 0.2) is 5.11 Å². The van der Waals surface area contributed by atoms with Gasteiger partial charge in [0.25, 0.3) is 0 Å². The third-order valence-electron chi connectivity index (χ3n) is 3.51. The lowest BCUT2D eigenvalue weighted by Gasteiger charge is -2.18. The molecule has 0 saturated heterocycles. The van der Waals surface area contributed by atoms with E-state index in [2.05, 4.69) is 17.6 Å². The minimum atomic E-state index is -0.331. The van der Waals surface area contributed by atoms with Crippen molar-refractivity contribution in [2.75, 3.05) is 11.9 Å². The topological polar surface area (TPSA) is 67.4 Å². The quantitative estimate of drug-likeness (QED) is 0.654. The van der Waals surface area contributed by atoms with Gasteiger partial charge in [0.2, 0.25) is 5.91 Å². The molecule has 2 rings (SSSR count). The van der Waals surface area contributed by atoms with Crippen molar-refractivity contribution in [1.82, 2.24) is 5.32 Å². The summed E-state index contributed by atoms with van der Waals surface area (Å²) in [5.74, 6) is 0.0316. The Bertz CT molecular complexity index is 610. The van der Waals surface area contributed by atoms with Crippen LogP contribution in [0.3, 0.4) is 0 Å². The largest absolute Gasteiger partial charge is 0.462 e. The Labute approximate surface area is 139 Å². The number of rotatable bonds is 3. The number of esters is 1. The van der Waals surface area contributed by atoms with Crippen LogP contribution in [0.4, 0.5) is 5.00 Å². The summed E-state index contributed by atoms with van der Waals surface area (Å²) in [4.78, 5) is 24.6. The highest BCUT2D eigenvalue weighted by Gasteiger charge is 2.28. The van der Waals surface area contributed by atoms with Gasteiger partial charge in [-0.05, 0) is 49.9 Å². The van der Waals surface area contributed by atoms with E-state index in [1.165, 1.54) is 23.1 Å². The maximum atomic E-state index is 12.3. The fraction of sp³-hybridized carbons (Fsp3) is 0.533. The van der Waals surface area contributed by atoms with Crippen molar-refractivity contribution in [3.63, 3.8) is 0 Å². The Morgan fingerprint density at radius 2 is 2.18 bits per heavy atom. The smallest absolute Gasteiger partial charge is 0.341 e. The summed E-state index contributed by atoms with van der Waals surface area (Å²) in [5.41, 5.74) is 1.64. The van der Waals surface area contributed by atoms with E-state index in [-0.39, 0.29) is 17.0 Å². The Morgan fingerprint density at radius 3 is 2.82 bits per heavy atom. The van der Waals surface area contributed by atoms with Crippen LogP contribution in [0, 0.1) is 5.92 Å². The number of amides is 1. The predicted molar refractivity (Wildman–Crippen MR) is 91.5 cm³/mol. The first-order chi connectivity index (χ1) is 10.4. The minimum absolute atomic E-state index is 0.199. The van der Waals surface area contributed by atoms with Crippen molar-refractivity contribution in [2.45, 2.75) is 40.0 Å². The summed E-state index contributed by atoms with van der Waals surface area (Å²) in [5, 5.41) is 6.35. The molecule has 1 unspecified atom stereocenters. The molecule has 0 radical (unpaired) electrons. The monoisotopic (exact) mass is 340 g/mol. The van der Waals surface area contributed by atoms with Crippen LogP contribution in [0.1, 0.15) is 48.0 Å². The first-order valence-corrected chi connectivity index (χ1v) is 8.55. The van der Waals surface area contributed by atoms with Crippen LogP contribution in [0.15, 0.2) is 0 Å². The average molecular weight is 340 g/mol. The maximum Gasteiger partial charge on any atom is 0.341 e. The van der Waals surface area contributed by atoms with Gasteiger partial charge in [-0.2, -0.15) is 0 Å².